The molecule has 2 aromatic carbocycles. The van der Waals surface area contributed by atoms with E-state index in [1.54, 1.807) is 5.38 Å². The Bertz CT molecular complexity index is 1050. The molecule has 0 unspecified atom stereocenters. The van der Waals surface area contributed by atoms with Crippen molar-refractivity contribution in [1.29, 1.82) is 0 Å². The summed E-state index contributed by atoms with van der Waals surface area (Å²) in [5.74, 6) is -0.970. The Morgan fingerprint density at radius 3 is 2.64 bits per heavy atom. The van der Waals surface area contributed by atoms with Crippen LogP contribution in [0.3, 0.4) is 0 Å². The Morgan fingerprint density at radius 1 is 1.25 bits per heavy atom. The van der Waals surface area contributed by atoms with E-state index in [9.17, 15) is 4.79 Å². The molecule has 0 atom stereocenters. The van der Waals surface area contributed by atoms with E-state index >= 15 is 0 Å². The zero-order valence-corrected chi connectivity index (χ0v) is 18.8. The van der Waals surface area contributed by atoms with Gasteiger partial charge in [-0.15, -0.1) is 6.20 Å². The van der Waals surface area contributed by atoms with Crippen LogP contribution in [0.1, 0.15) is 12.5 Å². The van der Waals surface area contributed by atoms with Crippen molar-refractivity contribution >= 4 is 62.1 Å². The van der Waals surface area contributed by atoms with Gasteiger partial charge in [-0.3, -0.25) is 14.6 Å². The van der Waals surface area contributed by atoms with Gasteiger partial charge in [0.05, 0.1) is 10.0 Å². The summed E-state index contributed by atoms with van der Waals surface area (Å²) in [6.07, 6.45) is 4.59. The van der Waals surface area contributed by atoms with E-state index in [0.29, 0.717) is 15.2 Å². The fraction of sp³-hybridized carbons (Fsp3) is 0.0526. The number of hydrogen-bond donors (Lipinski definition) is 2. The summed E-state index contributed by atoms with van der Waals surface area (Å²) in [4.78, 5) is 30.0. The average molecular weight is 419 g/mol. The summed E-state index contributed by atoms with van der Waals surface area (Å²) in [6.45, 7) is 1.08. The van der Waals surface area contributed by atoms with E-state index < -0.39 is 5.97 Å². The summed E-state index contributed by atoms with van der Waals surface area (Å²) < 4.78 is 0. The smallest absolute Gasteiger partial charge is 0.481 e. The molecule has 1 aromatic heterocycles. The number of carboxylic acid groups (broad SMARTS) is 1. The molecule has 1 fully saturated rings. The maximum Gasteiger partial charge on any atom is 1.00 e. The summed E-state index contributed by atoms with van der Waals surface area (Å²) in [7, 11) is 0. The molecular weight excluding hydrogens is 405 g/mol. The van der Waals surface area contributed by atoms with Gasteiger partial charge in [-0.05, 0) is 40.2 Å². The molecule has 28 heavy (non-hydrogen) atoms. The molecule has 1 aliphatic heterocycles. The first kappa shape index (κ1) is 22.3. The van der Waals surface area contributed by atoms with E-state index in [2.05, 4.69) is 45.8 Å². The van der Waals surface area contributed by atoms with Gasteiger partial charge in [0.25, 0.3) is 11.9 Å². The van der Waals surface area contributed by atoms with Crippen LogP contribution in [0.5, 0.6) is 0 Å². The zero-order chi connectivity index (χ0) is 19.2. The number of amidine groups is 1. The summed E-state index contributed by atoms with van der Waals surface area (Å²) >= 11 is 2.70. The predicted octanol–water partition coefficient (Wildman–Crippen LogP) is 1.08. The minimum atomic E-state index is -0.833. The first-order chi connectivity index (χ1) is 13.0. The Morgan fingerprint density at radius 2 is 1.96 bits per heavy atom. The number of carbonyl (C=O) groups is 2. The van der Waals surface area contributed by atoms with Crippen LogP contribution in [0.4, 0.5) is 5.13 Å². The van der Waals surface area contributed by atoms with Crippen molar-refractivity contribution in [1.82, 2.24) is 10.3 Å². The number of rotatable bonds is 2. The molecule has 1 saturated heterocycles. The number of aliphatic imine (C=N–C) groups is 1. The number of thiazole rings is 1. The van der Waals surface area contributed by atoms with E-state index in [1.807, 2.05) is 24.3 Å². The van der Waals surface area contributed by atoms with Crippen LogP contribution in [0.2, 0.25) is 0 Å². The first-order valence-electron chi connectivity index (χ1n) is 7.81. The third kappa shape index (κ3) is 6.29. The SMILES string of the molecule is CC(=O)O.O=C1NC(=Nc2n[c-]cs2)S/C1=C\c1ccc2ccccc2c1.[Na+]. The standard InChI is InChI=1S/C17H10N3OS2.C2H4O2.Na/c21-15-14(23-17(19-15)20-16-18-7-8-22-16)10-11-5-6-12-3-1-2-4-13(12)9-11;1-2(3)4;/h1-6,8-10H,(H,18,19,20,21);1H3,(H,3,4);/q-1;;+1/b14-10-;;. The minimum absolute atomic E-state index is 0. The van der Waals surface area contributed by atoms with Crippen LogP contribution in [-0.4, -0.2) is 27.1 Å². The molecule has 0 spiro atoms. The molecule has 0 radical (unpaired) electrons. The van der Waals surface area contributed by atoms with Crippen LogP contribution >= 0.6 is 23.1 Å². The van der Waals surface area contributed by atoms with E-state index in [-0.39, 0.29) is 35.5 Å². The molecule has 3 aromatic rings. The number of thioether (sulfide) groups is 1. The quantitative estimate of drug-likeness (QED) is 0.369. The average Bonchev–Trinajstić information content (AvgIpc) is 3.25. The van der Waals surface area contributed by atoms with Crippen molar-refractivity contribution in [2.75, 3.05) is 0 Å². The van der Waals surface area contributed by atoms with Gasteiger partial charge in [-0.2, -0.15) is 0 Å². The number of aliphatic carboxylic acids is 1. The number of nitrogens with one attached hydrogen (secondary N) is 1. The minimum Gasteiger partial charge on any atom is -0.481 e. The topological polar surface area (TPSA) is 91.6 Å². The van der Waals surface area contributed by atoms with Crippen molar-refractivity contribution < 1.29 is 44.3 Å². The van der Waals surface area contributed by atoms with Crippen LogP contribution in [-0.2, 0) is 9.59 Å². The number of nitrogens with zero attached hydrogens (tertiary/aromatic N) is 2. The third-order valence-corrected chi connectivity index (χ3v) is 4.82. The normalized spacial score (nSPS) is 15.7. The molecular formula is C19H14N3NaO3S2. The van der Waals surface area contributed by atoms with Gasteiger partial charge in [-0.1, -0.05) is 41.8 Å². The maximum atomic E-state index is 12.1. The van der Waals surface area contributed by atoms with Gasteiger partial charge in [-0.25, -0.2) is 11.3 Å². The van der Waals surface area contributed by atoms with Crippen molar-refractivity contribution in [3.8, 4) is 0 Å². The Hall–Kier alpha value is -1.97. The number of carbonyl (C=O) groups excluding carboxylic acids is 1. The predicted molar refractivity (Wildman–Crippen MR) is 109 cm³/mol. The Balaban J connectivity index is 0.000000515. The number of aromatic nitrogens is 1. The molecule has 2 N–H and O–H groups in total. The second-order valence-electron chi connectivity index (χ2n) is 5.37. The Labute approximate surface area is 192 Å². The van der Waals surface area contributed by atoms with Gasteiger partial charge >= 0.3 is 29.6 Å². The van der Waals surface area contributed by atoms with Gasteiger partial charge in [0.1, 0.15) is 0 Å². The summed E-state index contributed by atoms with van der Waals surface area (Å²) in [5.41, 5.74) is 0.991. The van der Waals surface area contributed by atoms with Gasteiger partial charge in [0.2, 0.25) is 0 Å². The molecule has 2 heterocycles. The van der Waals surface area contributed by atoms with Crippen molar-refractivity contribution in [2.24, 2.45) is 4.99 Å². The second-order valence-corrected chi connectivity index (χ2v) is 7.23. The molecule has 9 heteroatoms. The van der Waals surface area contributed by atoms with E-state index in [0.717, 1.165) is 17.9 Å². The van der Waals surface area contributed by atoms with E-state index in [4.69, 9.17) is 9.90 Å². The van der Waals surface area contributed by atoms with Crippen LogP contribution < -0.4 is 34.9 Å². The second kappa shape index (κ2) is 10.5. The molecule has 1 amide bonds. The molecule has 6 nitrogen and oxygen atoms in total. The number of benzene rings is 2. The summed E-state index contributed by atoms with van der Waals surface area (Å²) in [6, 6.07) is 14.3. The molecule has 0 bridgehead atoms. The van der Waals surface area contributed by atoms with E-state index in [1.165, 1.54) is 28.5 Å². The van der Waals surface area contributed by atoms with Crippen LogP contribution in [0.25, 0.3) is 16.8 Å². The maximum absolute atomic E-state index is 12.1. The van der Waals surface area contributed by atoms with Crippen molar-refractivity contribution in [3.05, 3.63) is 64.5 Å². The Kier molecular flexibility index (Phi) is 8.40. The van der Waals surface area contributed by atoms with Crippen LogP contribution in [0, 0.1) is 6.20 Å². The number of hydrogen-bond acceptors (Lipinski definition) is 6. The first-order valence-corrected chi connectivity index (χ1v) is 9.50. The molecule has 4 rings (SSSR count). The third-order valence-electron chi connectivity index (χ3n) is 3.30. The molecule has 0 aliphatic carbocycles. The fourth-order valence-electron chi connectivity index (χ4n) is 2.25. The number of carboxylic acids is 1. The monoisotopic (exact) mass is 419 g/mol. The van der Waals surface area contributed by atoms with Gasteiger partial charge in [0.15, 0.2) is 5.17 Å². The largest absolute Gasteiger partial charge is 1.00 e. The fourth-order valence-corrected chi connectivity index (χ4v) is 3.60. The number of amides is 1. The van der Waals surface area contributed by atoms with Crippen LogP contribution in [0.15, 0.2) is 57.7 Å². The summed E-state index contributed by atoms with van der Waals surface area (Å²) in [5, 5.41) is 15.4. The zero-order valence-electron chi connectivity index (χ0n) is 15.2. The van der Waals surface area contributed by atoms with Crippen molar-refractivity contribution in [2.45, 2.75) is 6.92 Å². The number of fused-ring (bicyclic) bond motifs is 1. The molecule has 1 aliphatic rings. The molecule has 136 valence electrons. The van der Waals surface area contributed by atoms with Crippen molar-refractivity contribution in [3.63, 3.8) is 0 Å². The van der Waals surface area contributed by atoms with Gasteiger partial charge in [0, 0.05) is 6.92 Å². The van der Waals surface area contributed by atoms with Gasteiger partial charge < -0.3 is 15.4 Å². The molecule has 0 saturated carbocycles.